The Labute approximate surface area is 122 Å². The molecule has 0 unspecified atom stereocenters. The van der Waals surface area contributed by atoms with Crippen LogP contribution in [-0.2, 0) is 0 Å². The first-order valence-electron chi connectivity index (χ1n) is 7.53. The minimum Gasteiger partial charge on any atom is -0.372 e. The van der Waals surface area contributed by atoms with E-state index in [9.17, 15) is 0 Å². The summed E-state index contributed by atoms with van der Waals surface area (Å²) in [6, 6.07) is 4.06. The van der Waals surface area contributed by atoms with Crippen LogP contribution in [0.3, 0.4) is 0 Å². The molecule has 1 aromatic heterocycles. The van der Waals surface area contributed by atoms with Crippen LogP contribution in [0.1, 0.15) is 27.2 Å². The SMILES string of the molecule is C=C/C=c1/cccn/c1=C(/C)N1CCCNCC1.CC. The number of nitrogens with one attached hydrogen (secondary N) is 1. The van der Waals surface area contributed by atoms with Crippen LogP contribution in [0, 0.1) is 0 Å². The molecule has 0 saturated carbocycles. The second-order valence-electron chi connectivity index (χ2n) is 4.52. The molecule has 0 aromatic carbocycles. The third-order valence-electron chi connectivity index (χ3n) is 3.29. The van der Waals surface area contributed by atoms with E-state index < -0.39 is 0 Å². The van der Waals surface area contributed by atoms with Crippen LogP contribution in [0.15, 0.2) is 31.0 Å². The van der Waals surface area contributed by atoms with E-state index in [1.807, 2.05) is 38.3 Å². The smallest absolute Gasteiger partial charge is 0.0890 e. The van der Waals surface area contributed by atoms with Gasteiger partial charge in [0.25, 0.3) is 0 Å². The first kappa shape index (κ1) is 16.4. The van der Waals surface area contributed by atoms with Crippen LogP contribution in [-0.4, -0.2) is 36.1 Å². The van der Waals surface area contributed by atoms with Crippen molar-refractivity contribution in [3.05, 3.63) is 41.6 Å². The highest BCUT2D eigenvalue weighted by Crippen LogP contribution is 2.04. The first-order chi connectivity index (χ1) is 9.83. The number of rotatable bonds is 2. The van der Waals surface area contributed by atoms with Crippen LogP contribution in [0.25, 0.3) is 11.8 Å². The summed E-state index contributed by atoms with van der Waals surface area (Å²) in [7, 11) is 0. The Morgan fingerprint density at radius 3 is 2.90 bits per heavy atom. The maximum Gasteiger partial charge on any atom is 0.0890 e. The molecule has 1 saturated heterocycles. The van der Waals surface area contributed by atoms with Crippen LogP contribution in [0.2, 0.25) is 0 Å². The molecule has 1 aliphatic rings. The van der Waals surface area contributed by atoms with Crippen molar-refractivity contribution >= 4 is 11.8 Å². The van der Waals surface area contributed by atoms with E-state index in [2.05, 4.69) is 34.8 Å². The Bertz CT molecular complexity index is 511. The molecule has 2 rings (SSSR count). The Morgan fingerprint density at radius 2 is 2.15 bits per heavy atom. The standard InChI is InChI=1S/C15H21N3.C2H6/c1-3-6-14-7-4-9-17-15(14)13(2)18-11-5-8-16-10-12-18;1-2/h3-4,6-7,9,16H,1,5,8,10-12H2,2H3;1-2H3/b14-6-,15-13-;. The summed E-state index contributed by atoms with van der Waals surface area (Å²) in [6.45, 7) is 14.2. The zero-order chi connectivity index (χ0) is 14.8. The zero-order valence-corrected chi connectivity index (χ0v) is 13.0. The van der Waals surface area contributed by atoms with E-state index in [0.29, 0.717) is 0 Å². The average molecular weight is 273 g/mol. The average Bonchev–Trinajstić information content (AvgIpc) is 2.79. The Morgan fingerprint density at radius 1 is 1.35 bits per heavy atom. The van der Waals surface area contributed by atoms with Crippen molar-refractivity contribution in [3.63, 3.8) is 0 Å². The molecule has 1 aliphatic heterocycles. The van der Waals surface area contributed by atoms with Gasteiger partial charge in [0.1, 0.15) is 0 Å². The third-order valence-corrected chi connectivity index (χ3v) is 3.29. The maximum atomic E-state index is 4.52. The van der Waals surface area contributed by atoms with Crippen molar-refractivity contribution in [3.8, 4) is 0 Å². The van der Waals surface area contributed by atoms with E-state index in [-0.39, 0.29) is 0 Å². The number of hydrogen-bond donors (Lipinski definition) is 1. The molecule has 0 aliphatic carbocycles. The number of allylic oxidation sites excluding steroid dienone is 1. The van der Waals surface area contributed by atoms with Gasteiger partial charge in [-0.3, -0.25) is 4.98 Å². The minimum atomic E-state index is 1.05. The topological polar surface area (TPSA) is 28.2 Å². The monoisotopic (exact) mass is 273 g/mol. The van der Waals surface area contributed by atoms with Gasteiger partial charge in [-0.2, -0.15) is 0 Å². The van der Waals surface area contributed by atoms with Gasteiger partial charge in [0.2, 0.25) is 0 Å². The molecule has 1 fully saturated rings. The van der Waals surface area contributed by atoms with Crippen LogP contribution in [0.4, 0.5) is 0 Å². The lowest BCUT2D eigenvalue weighted by atomic mass is 10.2. The van der Waals surface area contributed by atoms with Gasteiger partial charge < -0.3 is 10.2 Å². The number of pyridine rings is 1. The van der Waals surface area contributed by atoms with E-state index in [1.165, 1.54) is 12.1 Å². The van der Waals surface area contributed by atoms with E-state index >= 15 is 0 Å². The Balaban J connectivity index is 0.000000956. The van der Waals surface area contributed by atoms with Crippen molar-refractivity contribution in [2.45, 2.75) is 27.2 Å². The largest absolute Gasteiger partial charge is 0.372 e. The quantitative estimate of drug-likeness (QED) is 0.885. The third kappa shape index (κ3) is 4.49. The van der Waals surface area contributed by atoms with Gasteiger partial charge in [-0.05, 0) is 26.0 Å². The maximum absolute atomic E-state index is 4.52. The van der Waals surface area contributed by atoms with Crippen LogP contribution in [0.5, 0.6) is 0 Å². The zero-order valence-electron chi connectivity index (χ0n) is 13.0. The van der Waals surface area contributed by atoms with Gasteiger partial charge in [0.15, 0.2) is 0 Å². The fraction of sp³-hybridized carbons (Fsp3) is 0.471. The predicted molar refractivity (Wildman–Crippen MR) is 87.6 cm³/mol. The molecule has 3 nitrogen and oxygen atoms in total. The molecule has 110 valence electrons. The van der Waals surface area contributed by atoms with E-state index in [0.717, 1.165) is 36.7 Å². The molecule has 0 bridgehead atoms. The molecule has 0 amide bonds. The minimum absolute atomic E-state index is 1.05. The molecule has 1 N–H and O–H groups in total. The number of aromatic nitrogens is 1. The molecular weight excluding hydrogens is 246 g/mol. The van der Waals surface area contributed by atoms with E-state index in [4.69, 9.17) is 0 Å². The molecule has 20 heavy (non-hydrogen) atoms. The second kappa shape index (κ2) is 9.32. The molecule has 0 atom stereocenters. The predicted octanol–water partition coefficient (Wildman–Crippen LogP) is 1.50. The van der Waals surface area contributed by atoms with Crippen molar-refractivity contribution < 1.29 is 0 Å². The summed E-state index contributed by atoms with van der Waals surface area (Å²) in [5.41, 5.74) is 1.26. The van der Waals surface area contributed by atoms with Gasteiger partial charge in [0.05, 0.1) is 5.35 Å². The van der Waals surface area contributed by atoms with Crippen molar-refractivity contribution in [2.75, 3.05) is 26.2 Å². The number of nitrogens with zero attached hydrogens (tertiary/aromatic N) is 2. The fourth-order valence-electron chi connectivity index (χ4n) is 2.31. The van der Waals surface area contributed by atoms with Crippen molar-refractivity contribution in [1.82, 2.24) is 15.2 Å². The van der Waals surface area contributed by atoms with Crippen molar-refractivity contribution in [2.24, 2.45) is 0 Å². The number of hydrogen-bond acceptors (Lipinski definition) is 3. The van der Waals surface area contributed by atoms with E-state index in [1.54, 1.807) is 0 Å². The summed E-state index contributed by atoms with van der Waals surface area (Å²) in [4.78, 5) is 6.94. The molecule has 0 radical (unpaired) electrons. The highest BCUT2D eigenvalue weighted by molar-refractivity contribution is 5.43. The van der Waals surface area contributed by atoms with Gasteiger partial charge in [-0.15, -0.1) is 0 Å². The Hall–Kier alpha value is -1.61. The fourth-order valence-corrected chi connectivity index (χ4v) is 2.31. The normalized spacial score (nSPS) is 17.8. The first-order valence-corrected chi connectivity index (χ1v) is 7.53. The Kier molecular flexibility index (Phi) is 7.66. The van der Waals surface area contributed by atoms with Gasteiger partial charge in [0, 0.05) is 36.7 Å². The van der Waals surface area contributed by atoms with Crippen LogP contribution < -0.4 is 15.9 Å². The van der Waals surface area contributed by atoms with Crippen molar-refractivity contribution in [1.29, 1.82) is 0 Å². The van der Waals surface area contributed by atoms with Gasteiger partial charge in [-0.25, -0.2) is 0 Å². The molecule has 0 spiro atoms. The summed E-state index contributed by atoms with van der Waals surface area (Å²) in [5.74, 6) is 0. The van der Waals surface area contributed by atoms with Gasteiger partial charge in [-0.1, -0.05) is 38.6 Å². The molecule has 1 aromatic rings. The van der Waals surface area contributed by atoms with Gasteiger partial charge >= 0.3 is 0 Å². The summed E-state index contributed by atoms with van der Waals surface area (Å²) < 4.78 is 0. The summed E-state index contributed by atoms with van der Waals surface area (Å²) in [5, 5.41) is 5.63. The lowest BCUT2D eigenvalue weighted by Crippen LogP contribution is -2.37. The highest BCUT2D eigenvalue weighted by Gasteiger charge is 2.09. The van der Waals surface area contributed by atoms with Crippen LogP contribution >= 0.6 is 0 Å². The molecule has 3 heteroatoms. The highest BCUT2D eigenvalue weighted by atomic mass is 15.2. The summed E-state index contributed by atoms with van der Waals surface area (Å²) >= 11 is 0. The second-order valence-corrected chi connectivity index (χ2v) is 4.52. The summed E-state index contributed by atoms with van der Waals surface area (Å²) in [6.07, 6.45) is 6.87. The molecule has 2 heterocycles. The lowest BCUT2D eigenvalue weighted by molar-refractivity contribution is 0.416. The molecular formula is C17H27N3. The lowest BCUT2D eigenvalue weighted by Gasteiger charge is -2.22.